The van der Waals surface area contributed by atoms with Gasteiger partial charge in [-0.25, -0.2) is 15.0 Å². The van der Waals surface area contributed by atoms with Crippen molar-refractivity contribution in [3.63, 3.8) is 0 Å². The Kier molecular flexibility index (Phi) is 8.34. The van der Waals surface area contributed by atoms with Crippen molar-refractivity contribution < 1.29 is 0 Å². The lowest BCUT2D eigenvalue weighted by molar-refractivity contribution is 0.745. The van der Waals surface area contributed by atoms with E-state index in [4.69, 9.17) is 15.0 Å². The molecule has 0 saturated carbocycles. The zero-order valence-corrected chi connectivity index (χ0v) is 30.6. The van der Waals surface area contributed by atoms with E-state index in [0.717, 1.165) is 27.9 Å². The van der Waals surface area contributed by atoms with E-state index in [2.05, 4.69) is 205 Å². The van der Waals surface area contributed by atoms with Crippen molar-refractivity contribution in [1.29, 1.82) is 0 Å². The minimum absolute atomic E-state index is 0.597. The molecule has 0 aliphatic heterocycles. The molecular weight excluding hydrogens is 681 g/mol. The monoisotopic (exact) mass is 716 g/mol. The van der Waals surface area contributed by atoms with Crippen LogP contribution in [0.4, 0.5) is 0 Å². The third-order valence-electron chi connectivity index (χ3n) is 10.8. The van der Waals surface area contributed by atoms with Crippen molar-refractivity contribution in [2.24, 2.45) is 0 Å². The zero-order valence-electron chi connectivity index (χ0n) is 30.6. The van der Waals surface area contributed by atoms with Gasteiger partial charge in [-0.3, -0.25) is 0 Å². The molecule has 0 aliphatic carbocycles. The maximum absolute atomic E-state index is 5.20. The van der Waals surface area contributed by atoms with Crippen molar-refractivity contribution in [3.05, 3.63) is 241 Å². The molecular formula is C52H36N4. The molecule has 0 spiro atoms. The van der Waals surface area contributed by atoms with Crippen molar-refractivity contribution in [3.8, 4) is 39.9 Å². The number of aromatic nitrogens is 4. The molecule has 0 radical (unpaired) electrons. The van der Waals surface area contributed by atoms with Crippen LogP contribution in [-0.2, 0) is 5.41 Å². The molecule has 10 rings (SSSR count). The van der Waals surface area contributed by atoms with Gasteiger partial charge in [0.1, 0.15) is 0 Å². The first kappa shape index (κ1) is 33.2. The normalized spacial score (nSPS) is 11.6. The predicted molar refractivity (Wildman–Crippen MR) is 229 cm³/mol. The largest absolute Gasteiger partial charge is 0.309 e. The summed E-state index contributed by atoms with van der Waals surface area (Å²) in [6.45, 7) is 0. The molecule has 56 heavy (non-hydrogen) atoms. The summed E-state index contributed by atoms with van der Waals surface area (Å²) in [6.07, 6.45) is 0. The Morgan fingerprint density at radius 1 is 0.304 bits per heavy atom. The lowest BCUT2D eigenvalue weighted by Crippen LogP contribution is -2.31. The summed E-state index contributed by atoms with van der Waals surface area (Å²) in [4.78, 5) is 15.4. The first-order valence-corrected chi connectivity index (χ1v) is 19.0. The van der Waals surface area contributed by atoms with Gasteiger partial charge in [0.05, 0.1) is 16.4 Å². The second kappa shape index (κ2) is 14.1. The summed E-state index contributed by atoms with van der Waals surface area (Å²) >= 11 is 0. The van der Waals surface area contributed by atoms with Crippen molar-refractivity contribution in [2.75, 3.05) is 0 Å². The average Bonchev–Trinajstić information content (AvgIpc) is 3.62. The SMILES string of the molecule is c1ccc(-c2nc(-c3ccc(-n4c5ccccc5c5ccccc54)cc3)nc(-c3cccc(C(c4ccccc4)(c4ccccc4)c4ccccc4)c3)n2)cc1. The third-order valence-corrected chi connectivity index (χ3v) is 10.8. The third kappa shape index (κ3) is 5.67. The van der Waals surface area contributed by atoms with E-state index >= 15 is 0 Å². The molecule has 0 fully saturated rings. The first-order chi connectivity index (χ1) is 27.8. The van der Waals surface area contributed by atoms with Crippen LogP contribution in [-0.4, -0.2) is 19.5 Å². The number of rotatable bonds is 8. The molecule has 4 heteroatoms. The number of hydrogen-bond acceptors (Lipinski definition) is 3. The van der Waals surface area contributed by atoms with Gasteiger partial charge in [-0.1, -0.05) is 176 Å². The molecule has 0 bridgehead atoms. The molecule has 264 valence electrons. The van der Waals surface area contributed by atoms with Crippen LogP contribution in [0, 0.1) is 0 Å². The van der Waals surface area contributed by atoms with Gasteiger partial charge in [-0.2, -0.15) is 0 Å². The highest BCUT2D eigenvalue weighted by atomic mass is 15.0. The molecule has 2 heterocycles. The van der Waals surface area contributed by atoms with E-state index in [1.807, 2.05) is 18.2 Å². The fourth-order valence-corrected chi connectivity index (χ4v) is 8.27. The number of benzene rings is 8. The Morgan fingerprint density at radius 2 is 0.679 bits per heavy atom. The highest BCUT2D eigenvalue weighted by molar-refractivity contribution is 6.09. The summed E-state index contributed by atoms with van der Waals surface area (Å²) < 4.78 is 2.33. The van der Waals surface area contributed by atoms with Crippen LogP contribution in [0.5, 0.6) is 0 Å². The van der Waals surface area contributed by atoms with E-state index in [-0.39, 0.29) is 0 Å². The zero-order chi connectivity index (χ0) is 37.3. The lowest BCUT2D eigenvalue weighted by atomic mass is 9.65. The van der Waals surface area contributed by atoms with Crippen LogP contribution < -0.4 is 0 Å². The number of para-hydroxylation sites is 2. The Balaban J connectivity index is 1.14. The molecule has 4 nitrogen and oxygen atoms in total. The van der Waals surface area contributed by atoms with E-state index in [1.54, 1.807) is 0 Å². The topological polar surface area (TPSA) is 43.6 Å². The Bertz CT molecular complexity index is 2790. The highest BCUT2D eigenvalue weighted by Crippen LogP contribution is 2.46. The average molecular weight is 717 g/mol. The van der Waals surface area contributed by atoms with E-state index in [9.17, 15) is 0 Å². The maximum Gasteiger partial charge on any atom is 0.164 e. The molecule has 0 unspecified atom stereocenters. The summed E-state index contributed by atoms with van der Waals surface area (Å²) in [7, 11) is 0. The quantitative estimate of drug-likeness (QED) is 0.147. The van der Waals surface area contributed by atoms with E-state index in [0.29, 0.717) is 17.5 Å². The van der Waals surface area contributed by atoms with Gasteiger partial charge in [0.25, 0.3) is 0 Å². The van der Waals surface area contributed by atoms with Gasteiger partial charge in [-0.15, -0.1) is 0 Å². The predicted octanol–water partition coefficient (Wildman–Crippen LogP) is 12.4. The second-order valence-corrected chi connectivity index (χ2v) is 14.0. The highest BCUT2D eigenvalue weighted by Gasteiger charge is 2.38. The first-order valence-electron chi connectivity index (χ1n) is 19.0. The lowest BCUT2D eigenvalue weighted by Gasteiger charge is -2.37. The minimum atomic E-state index is -0.597. The molecule has 8 aromatic carbocycles. The molecule has 0 aliphatic rings. The smallest absolute Gasteiger partial charge is 0.164 e. The van der Waals surface area contributed by atoms with Gasteiger partial charge in [-0.05, 0) is 64.7 Å². The van der Waals surface area contributed by atoms with Crippen LogP contribution in [0.25, 0.3) is 61.7 Å². The van der Waals surface area contributed by atoms with E-state index < -0.39 is 5.41 Å². The van der Waals surface area contributed by atoms with Crippen molar-refractivity contribution >= 4 is 21.8 Å². The molecule has 10 aromatic rings. The molecule has 0 atom stereocenters. The fourth-order valence-electron chi connectivity index (χ4n) is 8.27. The number of fused-ring (bicyclic) bond motifs is 3. The number of nitrogens with zero attached hydrogens (tertiary/aromatic N) is 4. The van der Waals surface area contributed by atoms with Crippen LogP contribution in [0.2, 0.25) is 0 Å². The minimum Gasteiger partial charge on any atom is -0.309 e. The van der Waals surface area contributed by atoms with Crippen molar-refractivity contribution in [1.82, 2.24) is 19.5 Å². The Hall–Kier alpha value is -7.43. The van der Waals surface area contributed by atoms with Gasteiger partial charge < -0.3 is 4.57 Å². The van der Waals surface area contributed by atoms with Gasteiger partial charge in [0.2, 0.25) is 0 Å². The van der Waals surface area contributed by atoms with Gasteiger partial charge in [0.15, 0.2) is 17.5 Å². The Labute approximate surface area is 326 Å². The second-order valence-electron chi connectivity index (χ2n) is 14.0. The summed E-state index contributed by atoms with van der Waals surface area (Å²) in [6, 6.07) is 76.9. The standard InChI is InChI=1S/C52H36N4/c1-5-18-37(19-6-1)49-53-50(38-32-34-44(35-33-38)56-47-30-15-13-28-45(47)46-29-14-16-31-48(46)56)55-51(54-49)39-20-17-27-43(36-39)52(40-21-7-2-8-22-40,41-23-9-3-10-24-41)42-25-11-4-12-26-42/h1-36H. The Morgan fingerprint density at radius 3 is 1.18 bits per heavy atom. The van der Waals surface area contributed by atoms with Crippen LogP contribution in [0.3, 0.4) is 0 Å². The summed E-state index contributed by atoms with van der Waals surface area (Å²) in [5, 5.41) is 2.47. The van der Waals surface area contributed by atoms with E-state index in [1.165, 1.54) is 38.5 Å². The van der Waals surface area contributed by atoms with Crippen LogP contribution >= 0.6 is 0 Å². The molecule has 2 aromatic heterocycles. The number of hydrogen-bond donors (Lipinski definition) is 0. The van der Waals surface area contributed by atoms with Gasteiger partial charge >= 0.3 is 0 Å². The van der Waals surface area contributed by atoms with Crippen LogP contribution in [0.15, 0.2) is 218 Å². The molecule has 0 N–H and O–H groups in total. The maximum atomic E-state index is 5.20. The van der Waals surface area contributed by atoms with Gasteiger partial charge in [0, 0.05) is 33.2 Å². The summed E-state index contributed by atoms with van der Waals surface area (Å²) in [5.41, 5.74) is 10.3. The van der Waals surface area contributed by atoms with Crippen molar-refractivity contribution in [2.45, 2.75) is 5.41 Å². The fraction of sp³-hybridized carbons (Fsp3) is 0.0192. The summed E-state index contributed by atoms with van der Waals surface area (Å²) in [5.74, 6) is 1.86. The molecule has 0 saturated heterocycles. The van der Waals surface area contributed by atoms with Crippen LogP contribution in [0.1, 0.15) is 22.3 Å². The molecule has 0 amide bonds.